The maximum absolute atomic E-state index is 12.7. The monoisotopic (exact) mass is 331 g/mol. The second-order valence-corrected chi connectivity index (χ2v) is 7.56. The molecule has 3 rings (SSSR count). The number of nitriles is 1. The van der Waals surface area contributed by atoms with Crippen LogP contribution < -0.4 is 0 Å². The molecule has 0 radical (unpaired) electrons. The molecule has 23 heavy (non-hydrogen) atoms. The smallest absolute Gasteiger partial charge is 0.243 e. The van der Waals surface area contributed by atoms with E-state index in [0.29, 0.717) is 25.2 Å². The highest BCUT2D eigenvalue weighted by molar-refractivity contribution is 7.89. The Kier molecular flexibility index (Phi) is 4.41. The van der Waals surface area contributed by atoms with Crippen molar-refractivity contribution in [3.8, 4) is 6.07 Å². The summed E-state index contributed by atoms with van der Waals surface area (Å²) in [4.78, 5) is 4.15. The minimum Gasteiger partial charge on any atom is -0.253 e. The highest BCUT2D eigenvalue weighted by Gasteiger charge is 2.30. The second kappa shape index (κ2) is 6.48. The lowest BCUT2D eigenvalue weighted by Crippen LogP contribution is -2.41. The van der Waals surface area contributed by atoms with Crippen LogP contribution in [0.2, 0.25) is 0 Å². The quantitative estimate of drug-likeness (QED) is 0.841. The molecule has 1 aliphatic rings. The molecule has 0 bridgehead atoms. The van der Waals surface area contributed by atoms with Gasteiger partial charge in [0, 0.05) is 19.6 Å². The topological polar surface area (TPSA) is 91.9 Å². The van der Waals surface area contributed by atoms with Crippen LogP contribution in [-0.2, 0) is 16.6 Å². The van der Waals surface area contributed by atoms with Crippen molar-refractivity contribution in [2.75, 3.05) is 13.1 Å². The Morgan fingerprint density at radius 1 is 1.30 bits per heavy atom. The Morgan fingerprint density at radius 2 is 2.09 bits per heavy atom. The first kappa shape index (κ1) is 15.6. The number of rotatable bonds is 4. The zero-order valence-corrected chi connectivity index (χ0v) is 13.4. The molecule has 7 nitrogen and oxygen atoms in total. The van der Waals surface area contributed by atoms with Crippen molar-refractivity contribution < 1.29 is 8.42 Å². The van der Waals surface area contributed by atoms with Crippen LogP contribution in [-0.4, -0.2) is 40.6 Å². The Bertz CT molecular complexity index is 793. The molecule has 2 aromatic rings. The molecule has 0 amide bonds. The van der Waals surface area contributed by atoms with Crippen LogP contribution >= 0.6 is 0 Å². The van der Waals surface area contributed by atoms with E-state index in [-0.39, 0.29) is 10.8 Å². The molecule has 1 unspecified atom stereocenters. The molecular weight excluding hydrogens is 314 g/mol. The Morgan fingerprint density at radius 3 is 2.74 bits per heavy atom. The molecule has 0 spiro atoms. The number of benzene rings is 1. The lowest BCUT2D eigenvalue weighted by molar-refractivity contribution is 0.239. The summed E-state index contributed by atoms with van der Waals surface area (Å²) in [5, 5.41) is 12.9. The minimum absolute atomic E-state index is 0.221. The fourth-order valence-electron chi connectivity index (χ4n) is 2.84. The van der Waals surface area contributed by atoms with Crippen molar-refractivity contribution in [1.82, 2.24) is 19.1 Å². The largest absolute Gasteiger partial charge is 0.253 e. The standard InChI is InChI=1S/C15H17N5O2S/c16-8-13-3-5-15(6-4-13)23(21,22)20-7-1-2-14(10-20)9-19-12-17-11-18-19/h3-6,11-12,14H,1-2,7,9-10H2. The first-order chi connectivity index (χ1) is 11.1. The van der Waals surface area contributed by atoms with Crippen LogP contribution in [0.5, 0.6) is 0 Å². The number of piperidine rings is 1. The van der Waals surface area contributed by atoms with Gasteiger partial charge in [0.25, 0.3) is 0 Å². The van der Waals surface area contributed by atoms with Gasteiger partial charge >= 0.3 is 0 Å². The van der Waals surface area contributed by atoms with Crippen molar-refractivity contribution in [2.45, 2.75) is 24.3 Å². The van der Waals surface area contributed by atoms with E-state index in [4.69, 9.17) is 5.26 Å². The van der Waals surface area contributed by atoms with Crippen LogP contribution in [0.1, 0.15) is 18.4 Å². The summed E-state index contributed by atoms with van der Waals surface area (Å²) in [6.45, 7) is 1.66. The average molecular weight is 331 g/mol. The third-order valence-corrected chi connectivity index (χ3v) is 5.89. The maximum atomic E-state index is 12.7. The van der Waals surface area contributed by atoms with Crippen molar-refractivity contribution in [3.63, 3.8) is 0 Å². The van der Waals surface area contributed by atoms with Gasteiger partial charge in [-0.3, -0.25) is 4.68 Å². The van der Waals surface area contributed by atoms with Crippen LogP contribution in [0.3, 0.4) is 0 Å². The normalized spacial score (nSPS) is 19.3. The SMILES string of the molecule is N#Cc1ccc(S(=O)(=O)N2CCCC(Cn3cncn3)C2)cc1. The number of hydrogen-bond acceptors (Lipinski definition) is 5. The maximum Gasteiger partial charge on any atom is 0.243 e. The lowest BCUT2D eigenvalue weighted by atomic mass is 10.00. The molecule has 0 aliphatic carbocycles. The van der Waals surface area contributed by atoms with Crippen LogP contribution in [0.25, 0.3) is 0 Å². The highest BCUT2D eigenvalue weighted by atomic mass is 32.2. The first-order valence-corrected chi connectivity index (χ1v) is 8.86. The van der Waals surface area contributed by atoms with Crippen molar-refractivity contribution >= 4 is 10.0 Å². The molecule has 120 valence electrons. The van der Waals surface area contributed by atoms with E-state index in [1.165, 1.54) is 34.9 Å². The van der Waals surface area contributed by atoms with Crippen molar-refractivity contribution in [2.24, 2.45) is 5.92 Å². The fraction of sp³-hybridized carbons (Fsp3) is 0.400. The number of nitrogens with zero attached hydrogens (tertiary/aromatic N) is 5. The number of aromatic nitrogens is 3. The lowest BCUT2D eigenvalue weighted by Gasteiger charge is -2.31. The summed E-state index contributed by atoms with van der Waals surface area (Å²) in [6.07, 6.45) is 4.93. The van der Waals surface area contributed by atoms with Gasteiger partial charge in [0.1, 0.15) is 12.7 Å². The summed E-state index contributed by atoms with van der Waals surface area (Å²) in [7, 11) is -3.52. The van der Waals surface area contributed by atoms with E-state index in [2.05, 4.69) is 10.1 Å². The predicted octanol–water partition coefficient (Wildman–Crippen LogP) is 1.25. The third-order valence-electron chi connectivity index (χ3n) is 4.01. The Hall–Kier alpha value is -2.24. The van der Waals surface area contributed by atoms with Crippen LogP contribution in [0.4, 0.5) is 0 Å². The summed E-state index contributed by atoms with van der Waals surface area (Å²) >= 11 is 0. The fourth-order valence-corrected chi connectivity index (χ4v) is 4.39. The molecule has 1 aliphatic heterocycles. The van der Waals surface area contributed by atoms with E-state index in [1.54, 1.807) is 11.0 Å². The Balaban J connectivity index is 1.75. The molecule has 1 saturated heterocycles. The summed E-state index contributed by atoms with van der Waals surface area (Å²) in [5.74, 6) is 0.221. The summed E-state index contributed by atoms with van der Waals surface area (Å²) in [6, 6.07) is 8.05. The third kappa shape index (κ3) is 3.41. The minimum atomic E-state index is -3.52. The molecule has 2 heterocycles. The van der Waals surface area contributed by atoms with Crippen LogP contribution in [0.15, 0.2) is 41.8 Å². The van der Waals surface area contributed by atoms with Crippen LogP contribution in [0, 0.1) is 17.2 Å². The molecule has 0 saturated carbocycles. The molecule has 1 fully saturated rings. The number of sulfonamides is 1. The van der Waals surface area contributed by atoms with Gasteiger partial charge < -0.3 is 0 Å². The van der Waals surface area contributed by atoms with E-state index < -0.39 is 10.0 Å². The van der Waals surface area contributed by atoms with Crippen molar-refractivity contribution in [3.05, 3.63) is 42.5 Å². The summed E-state index contributed by atoms with van der Waals surface area (Å²) < 4.78 is 28.8. The van der Waals surface area contributed by atoms with Gasteiger partial charge in [0.15, 0.2) is 0 Å². The van der Waals surface area contributed by atoms with Gasteiger partial charge in [0.05, 0.1) is 16.5 Å². The Labute approximate surface area is 135 Å². The van der Waals surface area contributed by atoms with Crippen molar-refractivity contribution in [1.29, 1.82) is 5.26 Å². The first-order valence-electron chi connectivity index (χ1n) is 7.42. The van der Waals surface area contributed by atoms with Gasteiger partial charge in [-0.1, -0.05) is 0 Å². The average Bonchev–Trinajstić information content (AvgIpc) is 3.08. The van der Waals surface area contributed by atoms with Gasteiger partial charge in [-0.05, 0) is 43.0 Å². The van der Waals surface area contributed by atoms with Gasteiger partial charge in [-0.25, -0.2) is 13.4 Å². The molecule has 1 aromatic heterocycles. The zero-order chi connectivity index (χ0) is 16.3. The molecule has 8 heteroatoms. The van der Waals surface area contributed by atoms with E-state index in [0.717, 1.165) is 12.8 Å². The van der Waals surface area contributed by atoms with E-state index in [9.17, 15) is 8.42 Å². The van der Waals surface area contributed by atoms with E-state index >= 15 is 0 Å². The van der Waals surface area contributed by atoms with E-state index in [1.807, 2.05) is 6.07 Å². The second-order valence-electron chi connectivity index (χ2n) is 5.63. The summed E-state index contributed by atoms with van der Waals surface area (Å²) in [5.41, 5.74) is 0.451. The highest BCUT2D eigenvalue weighted by Crippen LogP contribution is 2.24. The molecule has 0 N–H and O–H groups in total. The van der Waals surface area contributed by atoms with Gasteiger partial charge in [-0.15, -0.1) is 0 Å². The zero-order valence-electron chi connectivity index (χ0n) is 12.5. The van der Waals surface area contributed by atoms with Gasteiger partial charge in [0.2, 0.25) is 10.0 Å². The predicted molar refractivity (Wildman–Crippen MR) is 82.7 cm³/mol. The molecular formula is C15H17N5O2S. The number of hydrogen-bond donors (Lipinski definition) is 0. The molecule has 1 aromatic carbocycles. The molecule has 1 atom stereocenters. The van der Waals surface area contributed by atoms with Gasteiger partial charge in [-0.2, -0.15) is 14.7 Å².